The summed E-state index contributed by atoms with van der Waals surface area (Å²) in [4.78, 5) is 10.1. The van der Waals surface area contributed by atoms with Gasteiger partial charge in [0.1, 0.15) is 0 Å². The van der Waals surface area contributed by atoms with Crippen LogP contribution < -0.4 is 0 Å². The smallest absolute Gasteiger partial charge is 0.416 e. The fraction of sp³-hybridized carbons (Fsp3) is 0.364. The van der Waals surface area contributed by atoms with Gasteiger partial charge in [0.25, 0.3) is 0 Å². The normalized spacial score (nSPS) is 17.8. The maximum Gasteiger partial charge on any atom is 0.416 e. The summed E-state index contributed by atoms with van der Waals surface area (Å²) >= 11 is 0. The second-order valence-corrected chi connectivity index (χ2v) is 6.32. The standard InChI is InChI=1S/C11H10F3NO4S/c12-11(13,14)8-2-1-3-9(4-8)20(18,19)15-5-7(6-15)10(16)17/h1-4,7H,5-6H2,(H,16,17). The molecule has 0 unspecified atom stereocenters. The maximum absolute atomic E-state index is 12.5. The highest BCUT2D eigenvalue weighted by Gasteiger charge is 2.41. The van der Waals surface area contributed by atoms with E-state index in [9.17, 15) is 26.4 Å². The van der Waals surface area contributed by atoms with E-state index in [4.69, 9.17) is 5.11 Å². The van der Waals surface area contributed by atoms with Crippen LogP contribution in [0.1, 0.15) is 5.56 Å². The molecule has 0 saturated carbocycles. The predicted molar refractivity (Wildman–Crippen MR) is 61.3 cm³/mol. The van der Waals surface area contributed by atoms with Crippen molar-refractivity contribution in [2.45, 2.75) is 11.1 Å². The largest absolute Gasteiger partial charge is 0.481 e. The average molecular weight is 309 g/mol. The number of hydrogen-bond acceptors (Lipinski definition) is 3. The van der Waals surface area contributed by atoms with Gasteiger partial charge in [-0.1, -0.05) is 6.07 Å². The monoisotopic (exact) mass is 309 g/mol. The van der Waals surface area contributed by atoms with E-state index < -0.39 is 38.5 Å². The molecule has 0 amide bonds. The minimum absolute atomic E-state index is 0.228. The highest BCUT2D eigenvalue weighted by molar-refractivity contribution is 7.89. The van der Waals surface area contributed by atoms with Gasteiger partial charge in [-0.05, 0) is 18.2 Å². The minimum atomic E-state index is -4.63. The summed E-state index contributed by atoms with van der Waals surface area (Å²) in [7, 11) is -4.08. The van der Waals surface area contributed by atoms with Crippen LogP contribution in [0.5, 0.6) is 0 Å². The van der Waals surface area contributed by atoms with E-state index in [-0.39, 0.29) is 13.1 Å². The van der Waals surface area contributed by atoms with Crippen molar-refractivity contribution in [2.24, 2.45) is 5.92 Å². The Bertz CT molecular complexity index is 635. The van der Waals surface area contributed by atoms with Crippen LogP contribution in [0.3, 0.4) is 0 Å². The molecule has 9 heteroatoms. The fourth-order valence-corrected chi connectivity index (χ4v) is 3.35. The molecule has 110 valence electrons. The molecule has 1 aromatic rings. The molecule has 0 spiro atoms. The van der Waals surface area contributed by atoms with Gasteiger partial charge in [-0.25, -0.2) is 8.42 Å². The molecule has 1 heterocycles. The molecule has 1 aliphatic rings. The summed E-state index contributed by atoms with van der Waals surface area (Å²) in [6.45, 7) is -0.457. The van der Waals surface area contributed by atoms with E-state index in [0.29, 0.717) is 6.07 Å². The number of hydrogen-bond donors (Lipinski definition) is 1. The topological polar surface area (TPSA) is 74.7 Å². The van der Waals surface area contributed by atoms with Gasteiger partial charge in [0.15, 0.2) is 0 Å². The Balaban J connectivity index is 2.26. The van der Waals surface area contributed by atoms with Crippen LogP contribution in [-0.4, -0.2) is 36.9 Å². The van der Waals surface area contributed by atoms with Crippen molar-refractivity contribution in [2.75, 3.05) is 13.1 Å². The number of carboxylic acid groups (broad SMARTS) is 1. The van der Waals surface area contributed by atoms with Gasteiger partial charge in [-0.2, -0.15) is 17.5 Å². The molecule has 20 heavy (non-hydrogen) atoms. The molecule has 1 saturated heterocycles. The van der Waals surface area contributed by atoms with Gasteiger partial charge in [0, 0.05) is 13.1 Å². The quantitative estimate of drug-likeness (QED) is 0.916. The molecular weight excluding hydrogens is 299 g/mol. The molecule has 2 rings (SSSR count). The molecule has 1 aliphatic heterocycles. The molecule has 1 aromatic carbocycles. The lowest BCUT2D eigenvalue weighted by atomic mass is 10.0. The molecule has 0 bridgehead atoms. The summed E-state index contributed by atoms with van der Waals surface area (Å²) < 4.78 is 62.5. The van der Waals surface area contributed by atoms with E-state index >= 15 is 0 Å². The number of aliphatic carboxylic acids is 1. The van der Waals surface area contributed by atoms with Crippen LogP contribution in [0.15, 0.2) is 29.2 Å². The first-order chi connectivity index (χ1) is 9.12. The van der Waals surface area contributed by atoms with Crippen LogP contribution in [0.25, 0.3) is 0 Å². The molecule has 1 N–H and O–H groups in total. The van der Waals surface area contributed by atoms with Crippen LogP contribution in [0, 0.1) is 5.92 Å². The van der Waals surface area contributed by atoms with Crippen molar-refractivity contribution in [3.8, 4) is 0 Å². The van der Waals surface area contributed by atoms with Crippen LogP contribution >= 0.6 is 0 Å². The lowest BCUT2D eigenvalue weighted by Gasteiger charge is -2.35. The van der Waals surface area contributed by atoms with Crippen molar-refractivity contribution in [1.82, 2.24) is 4.31 Å². The van der Waals surface area contributed by atoms with E-state index in [1.807, 2.05) is 0 Å². The fourth-order valence-electron chi connectivity index (χ4n) is 1.77. The Labute approximate surface area is 112 Å². The van der Waals surface area contributed by atoms with E-state index in [1.165, 1.54) is 0 Å². The molecule has 0 aliphatic carbocycles. The summed E-state index contributed by atoms with van der Waals surface area (Å²) in [6.07, 6.45) is -4.63. The summed E-state index contributed by atoms with van der Waals surface area (Å²) in [5, 5.41) is 8.67. The molecule has 0 aromatic heterocycles. The van der Waals surface area contributed by atoms with Gasteiger partial charge >= 0.3 is 12.1 Å². The molecule has 0 radical (unpaired) electrons. The Morgan fingerprint density at radius 1 is 1.30 bits per heavy atom. The summed E-state index contributed by atoms with van der Waals surface area (Å²) in [6, 6.07) is 3.38. The SMILES string of the molecule is O=C(O)C1CN(S(=O)(=O)c2cccc(C(F)(F)F)c2)C1. The zero-order valence-electron chi connectivity index (χ0n) is 9.96. The van der Waals surface area contributed by atoms with Gasteiger partial charge in [-0.3, -0.25) is 4.79 Å². The zero-order chi connectivity index (χ0) is 15.1. The average Bonchev–Trinajstić information content (AvgIpc) is 2.25. The molecular formula is C11H10F3NO4S. The van der Waals surface area contributed by atoms with Gasteiger partial charge < -0.3 is 5.11 Å². The lowest BCUT2D eigenvalue weighted by molar-refractivity contribution is -0.145. The number of carboxylic acids is 1. The van der Waals surface area contributed by atoms with Gasteiger partial charge in [-0.15, -0.1) is 0 Å². The van der Waals surface area contributed by atoms with Crippen LogP contribution in [0.4, 0.5) is 13.2 Å². The molecule has 5 nitrogen and oxygen atoms in total. The second kappa shape index (κ2) is 4.74. The third-order valence-corrected chi connectivity index (χ3v) is 4.82. The van der Waals surface area contributed by atoms with Crippen molar-refractivity contribution < 1.29 is 31.5 Å². The van der Waals surface area contributed by atoms with Crippen molar-refractivity contribution in [3.63, 3.8) is 0 Å². The maximum atomic E-state index is 12.5. The van der Waals surface area contributed by atoms with Crippen molar-refractivity contribution in [3.05, 3.63) is 29.8 Å². The van der Waals surface area contributed by atoms with Gasteiger partial charge in [0.05, 0.1) is 16.4 Å². The number of halogens is 3. The highest BCUT2D eigenvalue weighted by Crippen LogP contribution is 2.32. The minimum Gasteiger partial charge on any atom is -0.481 e. The number of nitrogens with zero attached hydrogens (tertiary/aromatic N) is 1. The Morgan fingerprint density at radius 3 is 2.40 bits per heavy atom. The van der Waals surface area contributed by atoms with Crippen molar-refractivity contribution in [1.29, 1.82) is 0 Å². The zero-order valence-corrected chi connectivity index (χ0v) is 10.8. The Morgan fingerprint density at radius 2 is 1.90 bits per heavy atom. The van der Waals surface area contributed by atoms with E-state index in [0.717, 1.165) is 22.5 Å². The Hall–Kier alpha value is -1.61. The molecule has 0 atom stereocenters. The predicted octanol–water partition coefficient (Wildman–Crippen LogP) is 1.41. The molecule has 1 fully saturated rings. The lowest BCUT2D eigenvalue weighted by Crippen LogP contribution is -2.52. The first-order valence-electron chi connectivity index (χ1n) is 5.52. The number of alkyl halides is 3. The Kier molecular flexibility index (Phi) is 3.51. The number of benzene rings is 1. The summed E-state index contributed by atoms with van der Waals surface area (Å²) in [5.74, 6) is -1.93. The first-order valence-corrected chi connectivity index (χ1v) is 6.96. The third kappa shape index (κ3) is 2.63. The van der Waals surface area contributed by atoms with Crippen LogP contribution in [-0.2, 0) is 21.0 Å². The van der Waals surface area contributed by atoms with E-state index in [2.05, 4.69) is 0 Å². The number of sulfonamides is 1. The number of rotatable bonds is 3. The number of carbonyl (C=O) groups is 1. The van der Waals surface area contributed by atoms with Crippen LogP contribution in [0.2, 0.25) is 0 Å². The highest BCUT2D eigenvalue weighted by atomic mass is 32.2. The first kappa shape index (κ1) is 14.8. The summed E-state index contributed by atoms with van der Waals surface area (Å²) in [5.41, 5.74) is -1.06. The van der Waals surface area contributed by atoms with Gasteiger partial charge in [0.2, 0.25) is 10.0 Å². The van der Waals surface area contributed by atoms with E-state index in [1.54, 1.807) is 0 Å². The van der Waals surface area contributed by atoms with Crippen molar-refractivity contribution >= 4 is 16.0 Å². The third-order valence-electron chi connectivity index (χ3n) is 3.00. The second-order valence-electron chi connectivity index (χ2n) is 4.38.